The maximum atomic E-state index is 12.1. The molecule has 20 heavy (non-hydrogen) atoms. The van der Waals surface area contributed by atoms with Gasteiger partial charge in [0.25, 0.3) is 0 Å². The fourth-order valence-electron chi connectivity index (χ4n) is 2.55. The molecule has 0 aromatic heterocycles. The lowest BCUT2D eigenvalue weighted by molar-refractivity contribution is -0.130. The van der Waals surface area contributed by atoms with Crippen molar-refractivity contribution in [2.45, 2.75) is 25.7 Å². The van der Waals surface area contributed by atoms with Crippen molar-refractivity contribution in [3.05, 3.63) is 29.8 Å². The summed E-state index contributed by atoms with van der Waals surface area (Å²) < 4.78 is 0. The van der Waals surface area contributed by atoms with Crippen molar-refractivity contribution in [1.82, 2.24) is 9.80 Å². The molecular weight excluding hydrogens is 250 g/mol. The van der Waals surface area contributed by atoms with Crippen LogP contribution in [-0.2, 0) is 11.2 Å². The van der Waals surface area contributed by atoms with Gasteiger partial charge in [0.1, 0.15) is 0 Å². The second-order valence-corrected chi connectivity index (χ2v) is 5.61. The van der Waals surface area contributed by atoms with Crippen molar-refractivity contribution in [2.75, 3.05) is 39.0 Å². The lowest BCUT2D eigenvalue weighted by Crippen LogP contribution is -2.35. The van der Waals surface area contributed by atoms with Gasteiger partial charge < -0.3 is 15.5 Å². The summed E-state index contributed by atoms with van der Waals surface area (Å²) in [5.41, 5.74) is 7.58. The molecule has 4 heteroatoms. The largest absolute Gasteiger partial charge is 0.399 e. The van der Waals surface area contributed by atoms with Gasteiger partial charge in [0.15, 0.2) is 0 Å². The Morgan fingerprint density at radius 3 is 2.55 bits per heavy atom. The Morgan fingerprint density at radius 2 is 1.90 bits per heavy atom. The summed E-state index contributed by atoms with van der Waals surface area (Å²) in [5, 5.41) is 0. The zero-order valence-corrected chi connectivity index (χ0v) is 12.3. The van der Waals surface area contributed by atoms with Crippen LogP contribution in [0.1, 0.15) is 24.8 Å². The van der Waals surface area contributed by atoms with Gasteiger partial charge in [0.05, 0.1) is 0 Å². The van der Waals surface area contributed by atoms with E-state index in [0.717, 1.165) is 25.2 Å². The van der Waals surface area contributed by atoms with Crippen LogP contribution in [0.15, 0.2) is 24.3 Å². The van der Waals surface area contributed by atoms with Gasteiger partial charge in [-0.3, -0.25) is 4.79 Å². The van der Waals surface area contributed by atoms with E-state index in [1.54, 1.807) is 0 Å². The maximum absolute atomic E-state index is 12.1. The van der Waals surface area contributed by atoms with Crippen molar-refractivity contribution in [3.63, 3.8) is 0 Å². The Kier molecular flexibility index (Phi) is 5.41. The molecule has 1 aliphatic heterocycles. The van der Waals surface area contributed by atoms with Crippen LogP contribution in [0, 0.1) is 0 Å². The van der Waals surface area contributed by atoms with E-state index in [2.05, 4.69) is 4.90 Å². The number of amides is 1. The van der Waals surface area contributed by atoms with Crippen LogP contribution in [0.25, 0.3) is 0 Å². The highest BCUT2D eigenvalue weighted by molar-refractivity contribution is 5.76. The van der Waals surface area contributed by atoms with Gasteiger partial charge in [-0.15, -0.1) is 0 Å². The summed E-state index contributed by atoms with van der Waals surface area (Å²) in [7, 11) is 1.90. The molecule has 0 spiro atoms. The highest BCUT2D eigenvalue weighted by Gasteiger charge is 2.14. The monoisotopic (exact) mass is 275 g/mol. The van der Waals surface area contributed by atoms with Crippen LogP contribution in [0.4, 0.5) is 5.69 Å². The molecule has 1 aromatic carbocycles. The summed E-state index contributed by atoms with van der Waals surface area (Å²) in [6.45, 7) is 4.21. The van der Waals surface area contributed by atoms with Gasteiger partial charge in [-0.1, -0.05) is 12.1 Å². The zero-order chi connectivity index (χ0) is 14.4. The number of carbonyl (C=O) groups is 1. The standard InChI is InChI=1S/C16H25N3O/c1-18(12-13-19-10-2-3-11-19)16(20)9-6-14-4-7-15(17)8-5-14/h4-5,7-8H,2-3,6,9-13,17H2,1H3. The summed E-state index contributed by atoms with van der Waals surface area (Å²) >= 11 is 0. The Bertz CT molecular complexity index is 424. The molecule has 1 aromatic rings. The summed E-state index contributed by atoms with van der Waals surface area (Å²) in [5.74, 6) is 0.223. The third-order valence-electron chi connectivity index (χ3n) is 3.98. The van der Waals surface area contributed by atoms with Crippen molar-refractivity contribution in [3.8, 4) is 0 Å². The van der Waals surface area contributed by atoms with Crippen molar-refractivity contribution in [1.29, 1.82) is 0 Å². The van der Waals surface area contributed by atoms with Crippen LogP contribution < -0.4 is 5.73 Å². The first-order chi connectivity index (χ1) is 9.65. The number of hydrogen-bond acceptors (Lipinski definition) is 3. The number of nitrogens with two attached hydrogens (primary N) is 1. The first kappa shape index (κ1) is 14.9. The highest BCUT2D eigenvalue weighted by atomic mass is 16.2. The number of aryl methyl sites for hydroxylation is 1. The van der Waals surface area contributed by atoms with Gasteiger partial charge in [-0.05, 0) is 50.0 Å². The molecule has 0 atom stereocenters. The summed E-state index contributed by atoms with van der Waals surface area (Å²) in [4.78, 5) is 16.4. The average molecular weight is 275 g/mol. The molecule has 0 radical (unpaired) electrons. The number of anilines is 1. The zero-order valence-electron chi connectivity index (χ0n) is 12.3. The fourth-order valence-corrected chi connectivity index (χ4v) is 2.55. The number of hydrogen-bond donors (Lipinski definition) is 1. The lowest BCUT2D eigenvalue weighted by atomic mass is 10.1. The molecule has 0 unspecified atom stereocenters. The molecular formula is C16H25N3O. The Morgan fingerprint density at radius 1 is 1.25 bits per heavy atom. The molecule has 0 aliphatic carbocycles. The molecule has 4 nitrogen and oxygen atoms in total. The van der Waals surface area contributed by atoms with Crippen molar-refractivity contribution >= 4 is 11.6 Å². The second-order valence-electron chi connectivity index (χ2n) is 5.61. The van der Waals surface area contributed by atoms with Gasteiger partial charge >= 0.3 is 0 Å². The predicted molar refractivity (Wildman–Crippen MR) is 82.5 cm³/mol. The van der Waals surface area contributed by atoms with E-state index in [1.165, 1.54) is 31.5 Å². The minimum Gasteiger partial charge on any atom is -0.399 e. The minimum absolute atomic E-state index is 0.223. The summed E-state index contributed by atoms with van der Waals surface area (Å²) in [6, 6.07) is 7.76. The fraction of sp³-hybridized carbons (Fsp3) is 0.562. The first-order valence-corrected chi connectivity index (χ1v) is 7.46. The van der Waals surface area contributed by atoms with Gasteiger partial charge in [0, 0.05) is 32.2 Å². The summed E-state index contributed by atoms with van der Waals surface area (Å²) in [6.07, 6.45) is 3.96. The van der Waals surface area contributed by atoms with Crippen LogP contribution in [0.2, 0.25) is 0 Å². The van der Waals surface area contributed by atoms with E-state index in [9.17, 15) is 4.79 Å². The number of nitrogen functional groups attached to an aromatic ring is 1. The number of carbonyl (C=O) groups excluding carboxylic acids is 1. The molecule has 1 amide bonds. The number of likely N-dealkylation sites (N-methyl/N-ethyl adjacent to an activating group) is 1. The predicted octanol–water partition coefficient (Wildman–Crippen LogP) is 1.76. The molecule has 1 aliphatic rings. The van der Waals surface area contributed by atoms with E-state index >= 15 is 0 Å². The number of benzene rings is 1. The van der Waals surface area contributed by atoms with E-state index < -0.39 is 0 Å². The topological polar surface area (TPSA) is 49.6 Å². The SMILES string of the molecule is CN(CCN1CCCC1)C(=O)CCc1ccc(N)cc1. The minimum atomic E-state index is 0.223. The van der Waals surface area contributed by atoms with Crippen LogP contribution in [0.5, 0.6) is 0 Å². The smallest absolute Gasteiger partial charge is 0.222 e. The molecule has 1 saturated heterocycles. The first-order valence-electron chi connectivity index (χ1n) is 7.46. The maximum Gasteiger partial charge on any atom is 0.222 e. The third kappa shape index (κ3) is 4.53. The van der Waals surface area contributed by atoms with E-state index in [4.69, 9.17) is 5.73 Å². The lowest BCUT2D eigenvalue weighted by Gasteiger charge is -2.21. The van der Waals surface area contributed by atoms with E-state index in [0.29, 0.717) is 6.42 Å². The van der Waals surface area contributed by atoms with Gasteiger partial charge in [-0.2, -0.15) is 0 Å². The quantitative estimate of drug-likeness (QED) is 0.805. The van der Waals surface area contributed by atoms with Crippen LogP contribution in [-0.4, -0.2) is 48.9 Å². The van der Waals surface area contributed by atoms with Crippen LogP contribution >= 0.6 is 0 Å². The molecule has 0 saturated carbocycles. The molecule has 110 valence electrons. The third-order valence-corrected chi connectivity index (χ3v) is 3.98. The van der Waals surface area contributed by atoms with Crippen molar-refractivity contribution < 1.29 is 4.79 Å². The average Bonchev–Trinajstić information content (AvgIpc) is 2.97. The van der Waals surface area contributed by atoms with E-state index in [-0.39, 0.29) is 5.91 Å². The Labute approximate surface area is 121 Å². The van der Waals surface area contributed by atoms with Crippen molar-refractivity contribution in [2.24, 2.45) is 0 Å². The van der Waals surface area contributed by atoms with Gasteiger partial charge in [-0.25, -0.2) is 0 Å². The van der Waals surface area contributed by atoms with E-state index in [1.807, 2.05) is 36.2 Å². The molecule has 0 bridgehead atoms. The molecule has 1 fully saturated rings. The Hall–Kier alpha value is -1.55. The number of likely N-dealkylation sites (tertiary alicyclic amines) is 1. The Balaban J connectivity index is 1.69. The molecule has 1 heterocycles. The van der Waals surface area contributed by atoms with Gasteiger partial charge in [0.2, 0.25) is 5.91 Å². The normalized spacial score (nSPS) is 15.4. The van der Waals surface area contributed by atoms with Crippen LogP contribution in [0.3, 0.4) is 0 Å². The highest BCUT2D eigenvalue weighted by Crippen LogP contribution is 2.09. The number of nitrogens with zero attached hydrogens (tertiary/aromatic N) is 2. The molecule has 2 rings (SSSR count). The number of rotatable bonds is 6. The molecule has 2 N–H and O–H groups in total. The second kappa shape index (κ2) is 7.29.